The van der Waals surface area contributed by atoms with E-state index in [0.29, 0.717) is 11.4 Å². The Morgan fingerprint density at radius 1 is 1.70 bits per heavy atom. The number of hydrogen-bond donors (Lipinski definition) is 2. The number of halogens is 1. The SMILES string of the molecule is CC(C)(F)c1[nH]ncc1N. The third-order valence-corrected chi connectivity index (χ3v) is 1.26. The van der Waals surface area contributed by atoms with E-state index < -0.39 is 5.67 Å². The molecule has 0 aliphatic carbocycles. The number of nitrogens with zero attached hydrogens (tertiary/aromatic N) is 1. The molecule has 1 heterocycles. The van der Waals surface area contributed by atoms with Crippen LogP contribution in [0.15, 0.2) is 6.20 Å². The molecule has 4 heteroatoms. The van der Waals surface area contributed by atoms with Gasteiger partial charge in [0.25, 0.3) is 0 Å². The minimum atomic E-state index is -1.43. The normalized spacial score (nSPS) is 11.9. The van der Waals surface area contributed by atoms with Crippen molar-refractivity contribution in [3.63, 3.8) is 0 Å². The topological polar surface area (TPSA) is 54.7 Å². The van der Waals surface area contributed by atoms with Gasteiger partial charge in [0.2, 0.25) is 0 Å². The van der Waals surface area contributed by atoms with Gasteiger partial charge in [-0.15, -0.1) is 0 Å². The second-order valence-electron chi connectivity index (χ2n) is 2.67. The average molecular weight is 143 g/mol. The van der Waals surface area contributed by atoms with Gasteiger partial charge in [-0.25, -0.2) is 4.39 Å². The molecule has 0 atom stereocenters. The van der Waals surface area contributed by atoms with Crippen LogP contribution in [0.25, 0.3) is 0 Å². The van der Waals surface area contributed by atoms with Gasteiger partial charge in [0.15, 0.2) is 0 Å². The lowest BCUT2D eigenvalue weighted by Gasteiger charge is -2.11. The number of nitrogen functional groups attached to an aromatic ring is 1. The van der Waals surface area contributed by atoms with Crippen LogP contribution in [0.1, 0.15) is 19.5 Å². The molecule has 0 amide bonds. The van der Waals surface area contributed by atoms with E-state index in [1.54, 1.807) is 0 Å². The van der Waals surface area contributed by atoms with E-state index in [-0.39, 0.29) is 0 Å². The quantitative estimate of drug-likeness (QED) is 0.620. The summed E-state index contributed by atoms with van der Waals surface area (Å²) < 4.78 is 13.1. The first-order valence-electron chi connectivity index (χ1n) is 3.00. The molecule has 10 heavy (non-hydrogen) atoms. The zero-order valence-electron chi connectivity index (χ0n) is 5.98. The van der Waals surface area contributed by atoms with Gasteiger partial charge in [-0.1, -0.05) is 0 Å². The van der Waals surface area contributed by atoms with E-state index in [1.807, 2.05) is 0 Å². The lowest BCUT2D eigenvalue weighted by atomic mass is 10.1. The molecule has 0 aliphatic rings. The van der Waals surface area contributed by atoms with Gasteiger partial charge in [0, 0.05) is 0 Å². The zero-order chi connectivity index (χ0) is 7.78. The van der Waals surface area contributed by atoms with Gasteiger partial charge >= 0.3 is 0 Å². The predicted molar refractivity (Wildman–Crippen MR) is 37.1 cm³/mol. The van der Waals surface area contributed by atoms with Crippen LogP contribution in [0, 0.1) is 0 Å². The maximum Gasteiger partial charge on any atom is 0.148 e. The number of anilines is 1. The summed E-state index contributed by atoms with van der Waals surface area (Å²) >= 11 is 0. The number of aromatic nitrogens is 2. The van der Waals surface area contributed by atoms with Crippen molar-refractivity contribution in [2.75, 3.05) is 5.73 Å². The number of alkyl halides is 1. The van der Waals surface area contributed by atoms with Crippen LogP contribution >= 0.6 is 0 Å². The van der Waals surface area contributed by atoms with Gasteiger partial charge in [0.1, 0.15) is 5.67 Å². The second kappa shape index (κ2) is 1.97. The highest BCUT2D eigenvalue weighted by molar-refractivity contribution is 5.42. The van der Waals surface area contributed by atoms with Crippen LogP contribution in [-0.2, 0) is 5.67 Å². The average Bonchev–Trinajstić information content (AvgIpc) is 2.11. The number of nitrogens with one attached hydrogen (secondary N) is 1. The first-order chi connectivity index (χ1) is 4.52. The summed E-state index contributed by atoms with van der Waals surface area (Å²) in [6.07, 6.45) is 1.40. The molecule has 0 saturated carbocycles. The number of aromatic amines is 1. The van der Waals surface area contributed by atoms with Gasteiger partial charge < -0.3 is 5.73 Å². The number of nitrogens with two attached hydrogens (primary N) is 1. The summed E-state index contributed by atoms with van der Waals surface area (Å²) in [4.78, 5) is 0. The maximum absolute atomic E-state index is 13.1. The molecular weight excluding hydrogens is 133 g/mol. The van der Waals surface area contributed by atoms with E-state index in [4.69, 9.17) is 5.73 Å². The molecule has 1 aromatic rings. The van der Waals surface area contributed by atoms with Crippen molar-refractivity contribution >= 4 is 5.69 Å². The van der Waals surface area contributed by atoms with Gasteiger partial charge in [-0.05, 0) is 13.8 Å². The first-order valence-corrected chi connectivity index (χ1v) is 3.00. The summed E-state index contributed by atoms with van der Waals surface area (Å²) in [6.45, 7) is 2.85. The van der Waals surface area contributed by atoms with Crippen molar-refractivity contribution in [2.24, 2.45) is 0 Å². The maximum atomic E-state index is 13.1. The van der Waals surface area contributed by atoms with Crippen molar-refractivity contribution in [3.05, 3.63) is 11.9 Å². The Morgan fingerprint density at radius 2 is 2.30 bits per heavy atom. The van der Waals surface area contributed by atoms with Crippen LogP contribution in [0.3, 0.4) is 0 Å². The summed E-state index contributed by atoms with van der Waals surface area (Å²) in [5.41, 5.74) is 4.67. The molecular formula is C6H10FN3. The predicted octanol–water partition coefficient (Wildman–Crippen LogP) is 1.20. The smallest absolute Gasteiger partial charge is 0.148 e. The molecule has 0 unspecified atom stereocenters. The number of hydrogen-bond acceptors (Lipinski definition) is 2. The molecule has 0 saturated heterocycles. The Balaban J connectivity index is 3.05. The standard InChI is InChI=1S/C6H10FN3/c1-6(2,7)5-4(8)3-9-10-5/h3H,8H2,1-2H3,(H,9,10). The lowest BCUT2D eigenvalue weighted by molar-refractivity contribution is 0.215. The first kappa shape index (κ1) is 7.05. The minimum absolute atomic E-state index is 0.340. The fourth-order valence-corrected chi connectivity index (χ4v) is 0.772. The van der Waals surface area contributed by atoms with Crippen molar-refractivity contribution in [1.29, 1.82) is 0 Å². The van der Waals surface area contributed by atoms with Crippen LogP contribution in [0.2, 0.25) is 0 Å². The van der Waals surface area contributed by atoms with Crippen molar-refractivity contribution in [2.45, 2.75) is 19.5 Å². The fraction of sp³-hybridized carbons (Fsp3) is 0.500. The highest BCUT2D eigenvalue weighted by Crippen LogP contribution is 2.26. The van der Waals surface area contributed by atoms with E-state index in [0.717, 1.165) is 0 Å². The van der Waals surface area contributed by atoms with E-state index in [9.17, 15) is 4.39 Å². The van der Waals surface area contributed by atoms with Gasteiger partial charge in [-0.2, -0.15) is 5.10 Å². The minimum Gasteiger partial charge on any atom is -0.396 e. The highest BCUT2D eigenvalue weighted by Gasteiger charge is 2.23. The molecule has 3 nitrogen and oxygen atoms in total. The lowest BCUT2D eigenvalue weighted by Crippen LogP contribution is -2.11. The molecule has 56 valence electrons. The van der Waals surface area contributed by atoms with Gasteiger partial charge in [-0.3, -0.25) is 5.10 Å². The third-order valence-electron chi connectivity index (χ3n) is 1.26. The zero-order valence-corrected chi connectivity index (χ0v) is 5.98. The fourth-order valence-electron chi connectivity index (χ4n) is 0.772. The Kier molecular flexibility index (Phi) is 1.39. The number of H-pyrrole nitrogens is 1. The molecule has 3 N–H and O–H groups in total. The second-order valence-corrected chi connectivity index (χ2v) is 2.67. The summed E-state index contributed by atoms with van der Waals surface area (Å²) in [5, 5.41) is 6.09. The summed E-state index contributed by atoms with van der Waals surface area (Å²) in [6, 6.07) is 0. The molecule has 0 spiro atoms. The van der Waals surface area contributed by atoms with E-state index in [1.165, 1.54) is 20.0 Å². The molecule has 1 rings (SSSR count). The van der Waals surface area contributed by atoms with E-state index in [2.05, 4.69) is 10.2 Å². The summed E-state index contributed by atoms with van der Waals surface area (Å²) in [7, 11) is 0. The largest absolute Gasteiger partial charge is 0.396 e. The van der Waals surface area contributed by atoms with Crippen molar-refractivity contribution in [1.82, 2.24) is 10.2 Å². The molecule has 0 radical (unpaired) electrons. The van der Waals surface area contributed by atoms with Crippen LogP contribution in [0.4, 0.5) is 10.1 Å². The van der Waals surface area contributed by atoms with Crippen LogP contribution in [0.5, 0.6) is 0 Å². The van der Waals surface area contributed by atoms with Crippen LogP contribution in [-0.4, -0.2) is 10.2 Å². The van der Waals surface area contributed by atoms with Gasteiger partial charge in [0.05, 0.1) is 17.6 Å². The summed E-state index contributed by atoms with van der Waals surface area (Å²) in [5.74, 6) is 0. The Labute approximate surface area is 58.4 Å². The molecule has 0 bridgehead atoms. The molecule has 0 fully saturated rings. The molecule has 0 aliphatic heterocycles. The monoisotopic (exact) mass is 143 g/mol. The van der Waals surface area contributed by atoms with Crippen molar-refractivity contribution in [3.8, 4) is 0 Å². The van der Waals surface area contributed by atoms with Crippen LogP contribution < -0.4 is 5.73 Å². The molecule has 1 aromatic heterocycles. The number of rotatable bonds is 1. The Morgan fingerprint density at radius 3 is 2.50 bits per heavy atom. The Hall–Kier alpha value is -1.06. The molecule has 0 aromatic carbocycles. The van der Waals surface area contributed by atoms with Crippen molar-refractivity contribution < 1.29 is 4.39 Å². The Bertz CT molecular complexity index is 223. The highest BCUT2D eigenvalue weighted by atomic mass is 19.1. The van der Waals surface area contributed by atoms with E-state index >= 15 is 0 Å². The third kappa shape index (κ3) is 1.10.